The molecule has 2 aromatic carbocycles. The summed E-state index contributed by atoms with van der Waals surface area (Å²) in [5.74, 6) is -2.96. The zero-order chi connectivity index (χ0) is 40.9. The SMILES string of the molecule is C[C@]12C=CC(=O)C=C1CC[C@@H]1[C@@H]2[C@@H](O)C[C@@]2(C)[C@H]1C[C@H]1O[C@@H](c3ccc(Cc4cc(CO)cc(NC(=O)[C@H](CCC(=O)O)NC(=O)CN)c4)cc3)O[C@]12C(=O)CO. The van der Waals surface area contributed by atoms with Crippen LogP contribution in [0.4, 0.5) is 5.69 Å². The fourth-order valence-electron chi connectivity index (χ4n) is 10.9. The molecule has 8 N–H and O–H groups in total. The van der Waals surface area contributed by atoms with Gasteiger partial charge in [-0.1, -0.05) is 55.8 Å². The Hall–Kier alpha value is -4.57. The van der Waals surface area contributed by atoms with Crippen LogP contribution in [0.5, 0.6) is 0 Å². The van der Waals surface area contributed by atoms with Crippen LogP contribution in [-0.2, 0) is 46.5 Å². The maximum atomic E-state index is 13.9. The van der Waals surface area contributed by atoms with E-state index in [-0.39, 0.29) is 56.0 Å². The van der Waals surface area contributed by atoms with Gasteiger partial charge >= 0.3 is 5.97 Å². The molecule has 2 amide bonds. The summed E-state index contributed by atoms with van der Waals surface area (Å²) in [6, 6.07) is 11.5. The minimum absolute atomic E-state index is 0.0242. The van der Waals surface area contributed by atoms with Gasteiger partial charge in [-0.3, -0.25) is 24.0 Å². The van der Waals surface area contributed by atoms with Crippen LogP contribution in [-0.4, -0.2) is 86.8 Å². The Morgan fingerprint density at radius 1 is 1.04 bits per heavy atom. The van der Waals surface area contributed by atoms with Gasteiger partial charge in [-0.25, -0.2) is 0 Å². The largest absolute Gasteiger partial charge is 0.481 e. The van der Waals surface area contributed by atoms with Crippen LogP contribution in [0.15, 0.2) is 66.3 Å². The van der Waals surface area contributed by atoms with Crippen LogP contribution < -0.4 is 16.4 Å². The van der Waals surface area contributed by atoms with E-state index in [2.05, 4.69) is 17.6 Å². The fraction of sp³-hybridized carbons (Fsp3) is 0.512. The van der Waals surface area contributed by atoms with Gasteiger partial charge in [0.05, 0.1) is 25.4 Å². The number of Topliss-reactive ketones (excluding diaryl/α,β-unsaturated/α-hetero) is 1. The van der Waals surface area contributed by atoms with Gasteiger partial charge in [0.15, 0.2) is 23.5 Å². The first kappa shape index (κ1) is 40.6. The van der Waals surface area contributed by atoms with E-state index in [0.29, 0.717) is 29.7 Å². The zero-order valence-corrected chi connectivity index (χ0v) is 32.1. The lowest BCUT2D eigenvalue weighted by Crippen LogP contribution is -2.63. The fourth-order valence-corrected chi connectivity index (χ4v) is 10.9. The highest BCUT2D eigenvalue weighted by atomic mass is 16.7. The molecule has 4 aliphatic carbocycles. The number of carboxylic acid groups (broad SMARTS) is 1. The van der Waals surface area contributed by atoms with Crippen LogP contribution in [0, 0.1) is 28.6 Å². The van der Waals surface area contributed by atoms with Crippen molar-refractivity contribution in [3.8, 4) is 0 Å². The van der Waals surface area contributed by atoms with Crippen LogP contribution in [0.1, 0.15) is 80.9 Å². The Morgan fingerprint density at radius 3 is 2.46 bits per heavy atom. The quantitative estimate of drug-likeness (QED) is 0.155. The molecular weight excluding hydrogens is 734 g/mol. The Morgan fingerprint density at radius 2 is 1.77 bits per heavy atom. The highest BCUT2D eigenvalue weighted by Gasteiger charge is 2.75. The summed E-state index contributed by atoms with van der Waals surface area (Å²) in [7, 11) is 0. The molecular formula is C43H51N3O11. The summed E-state index contributed by atoms with van der Waals surface area (Å²) in [5.41, 5.74) is 6.85. The van der Waals surface area contributed by atoms with Crippen molar-refractivity contribution in [2.24, 2.45) is 34.3 Å². The molecule has 10 atom stereocenters. The number of carbonyl (C=O) groups is 5. The van der Waals surface area contributed by atoms with Gasteiger partial charge in [-0.15, -0.1) is 0 Å². The summed E-state index contributed by atoms with van der Waals surface area (Å²) in [5, 5.41) is 46.5. The second-order valence-electron chi connectivity index (χ2n) is 16.7. The minimum Gasteiger partial charge on any atom is -0.481 e. The number of nitrogens with two attached hydrogens (primary N) is 1. The van der Waals surface area contributed by atoms with Gasteiger partial charge in [-0.2, -0.15) is 0 Å². The number of carboxylic acids is 1. The number of ketones is 2. The monoisotopic (exact) mass is 785 g/mol. The number of aliphatic hydroxyl groups excluding tert-OH is 3. The molecule has 2 aromatic rings. The van der Waals surface area contributed by atoms with Gasteiger partial charge < -0.3 is 46.3 Å². The van der Waals surface area contributed by atoms with Crippen molar-refractivity contribution < 1.29 is 53.9 Å². The summed E-state index contributed by atoms with van der Waals surface area (Å²) in [4.78, 5) is 62.4. The van der Waals surface area contributed by atoms with E-state index in [1.165, 1.54) is 0 Å². The number of ether oxygens (including phenoxy) is 2. The number of benzene rings is 2. The Kier molecular flexibility index (Phi) is 11.2. The standard InChI is InChI=1S/C43H51N3O11/c1-41-12-11-29(49)17-27(41)7-8-30-31-18-35-43(34(51)22-48,42(31,2)19-33(50)38(30)41)57-40(56-35)26-5-3-23(4-6-26)13-24-14-25(21-47)16-28(15-24)45-39(55)32(9-10-37(53)54)46-36(52)20-44/h3-6,11-12,14-17,30-33,35,38,40,47-48,50H,7-10,13,18-22,44H2,1-2H3,(H,45,55)(H,46,52)(H,53,54)/t30-,31-,32-,33-,35+,38+,40+,41-,42-,43+/m0/s1. The molecule has 304 valence electrons. The smallest absolute Gasteiger partial charge is 0.303 e. The molecule has 1 aliphatic heterocycles. The third-order valence-corrected chi connectivity index (χ3v) is 13.4. The Labute approximate surface area is 330 Å². The number of hydrogen-bond donors (Lipinski definition) is 7. The molecule has 14 nitrogen and oxygen atoms in total. The number of aliphatic carboxylic acids is 1. The topological polar surface area (TPSA) is 235 Å². The number of hydrogen-bond acceptors (Lipinski definition) is 11. The lowest BCUT2D eigenvalue weighted by molar-refractivity contribution is -0.201. The Bertz CT molecular complexity index is 2010. The molecule has 57 heavy (non-hydrogen) atoms. The average Bonchev–Trinajstić information content (AvgIpc) is 3.68. The third kappa shape index (κ3) is 7.17. The lowest BCUT2D eigenvalue weighted by atomic mass is 9.46. The number of nitrogens with one attached hydrogen (secondary N) is 2. The summed E-state index contributed by atoms with van der Waals surface area (Å²) >= 11 is 0. The number of anilines is 1. The van der Waals surface area contributed by atoms with E-state index in [9.17, 15) is 39.3 Å². The molecule has 0 bridgehead atoms. The number of amides is 2. The van der Waals surface area contributed by atoms with Crippen molar-refractivity contribution in [2.45, 2.75) is 95.5 Å². The summed E-state index contributed by atoms with van der Waals surface area (Å²) in [6.45, 7) is 2.69. The molecule has 7 rings (SSSR count). The van der Waals surface area contributed by atoms with E-state index in [0.717, 1.165) is 29.5 Å². The first-order valence-corrected chi connectivity index (χ1v) is 19.6. The third-order valence-electron chi connectivity index (χ3n) is 13.4. The van der Waals surface area contributed by atoms with Crippen molar-refractivity contribution in [2.75, 3.05) is 18.5 Å². The van der Waals surface area contributed by atoms with E-state index >= 15 is 0 Å². The molecule has 1 heterocycles. The molecule has 0 radical (unpaired) electrons. The molecule has 5 aliphatic rings. The maximum absolute atomic E-state index is 13.9. The van der Waals surface area contributed by atoms with E-state index < -0.39 is 71.1 Å². The highest BCUT2D eigenvalue weighted by Crippen LogP contribution is 2.70. The molecule has 3 saturated carbocycles. The highest BCUT2D eigenvalue weighted by molar-refractivity contribution is 6.01. The van der Waals surface area contributed by atoms with Crippen LogP contribution in [0.3, 0.4) is 0 Å². The van der Waals surface area contributed by atoms with Crippen molar-refractivity contribution in [3.63, 3.8) is 0 Å². The van der Waals surface area contributed by atoms with Crippen LogP contribution >= 0.6 is 0 Å². The zero-order valence-electron chi connectivity index (χ0n) is 32.1. The normalized spacial score (nSPS) is 32.9. The van der Waals surface area contributed by atoms with Gasteiger partial charge in [0, 0.05) is 34.4 Å². The first-order chi connectivity index (χ1) is 27.1. The molecule has 0 unspecified atom stereocenters. The van der Waals surface area contributed by atoms with Crippen molar-refractivity contribution in [3.05, 3.63) is 88.5 Å². The number of rotatable bonds is 13. The van der Waals surface area contributed by atoms with Gasteiger partial charge in [0.1, 0.15) is 12.6 Å². The maximum Gasteiger partial charge on any atom is 0.303 e. The van der Waals surface area contributed by atoms with E-state index in [1.54, 1.807) is 30.4 Å². The molecule has 0 spiro atoms. The first-order valence-electron chi connectivity index (χ1n) is 19.6. The van der Waals surface area contributed by atoms with Crippen LogP contribution in [0.2, 0.25) is 0 Å². The predicted octanol–water partition coefficient (Wildman–Crippen LogP) is 2.62. The minimum atomic E-state index is -1.47. The molecule has 4 fully saturated rings. The van der Waals surface area contributed by atoms with E-state index in [4.69, 9.17) is 20.3 Å². The van der Waals surface area contributed by atoms with E-state index in [1.807, 2.05) is 37.3 Å². The predicted molar refractivity (Wildman–Crippen MR) is 205 cm³/mol. The second-order valence-corrected chi connectivity index (χ2v) is 16.7. The molecule has 14 heteroatoms. The van der Waals surface area contributed by atoms with Gasteiger partial charge in [0.25, 0.3) is 0 Å². The van der Waals surface area contributed by atoms with Crippen LogP contribution in [0.25, 0.3) is 0 Å². The number of fused-ring (bicyclic) bond motifs is 7. The van der Waals surface area contributed by atoms with Gasteiger partial charge in [0.2, 0.25) is 11.8 Å². The average molecular weight is 786 g/mol. The Balaban J connectivity index is 1.08. The second kappa shape index (κ2) is 15.6. The van der Waals surface area contributed by atoms with Crippen molar-refractivity contribution >= 4 is 35.0 Å². The summed E-state index contributed by atoms with van der Waals surface area (Å²) < 4.78 is 13.3. The van der Waals surface area contributed by atoms with Gasteiger partial charge in [-0.05, 0) is 91.3 Å². The van der Waals surface area contributed by atoms with Crippen molar-refractivity contribution in [1.29, 1.82) is 0 Å². The lowest BCUT2D eigenvalue weighted by Gasteiger charge is -2.59. The summed E-state index contributed by atoms with van der Waals surface area (Å²) in [6.07, 6.45) is 5.15. The number of carbonyl (C=O) groups excluding carboxylic acids is 4. The van der Waals surface area contributed by atoms with Crippen molar-refractivity contribution in [1.82, 2.24) is 5.32 Å². The molecule has 0 aromatic heterocycles. The molecule has 1 saturated heterocycles. The number of allylic oxidation sites excluding steroid dienone is 4. The number of aliphatic hydroxyl groups is 3.